The van der Waals surface area contributed by atoms with Crippen molar-refractivity contribution in [1.82, 2.24) is 5.32 Å². The maximum Gasteiger partial charge on any atom is 0.303 e. The number of aliphatic carboxylic acids is 1. The second-order valence-corrected chi connectivity index (χ2v) is 4.21. The molecule has 1 aliphatic rings. The molecule has 0 aromatic carbocycles. The third kappa shape index (κ3) is 5.22. The van der Waals surface area contributed by atoms with Crippen molar-refractivity contribution in [3.05, 3.63) is 0 Å². The van der Waals surface area contributed by atoms with E-state index in [-0.39, 0.29) is 0 Å². The molecule has 0 aliphatic carbocycles. The fourth-order valence-corrected chi connectivity index (χ4v) is 2.02. The lowest BCUT2D eigenvalue weighted by molar-refractivity contribution is -0.137. The first-order valence-electron chi connectivity index (χ1n) is 5.71. The van der Waals surface area contributed by atoms with Crippen molar-refractivity contribution in [2.24, 2.45) is 5.92 Å². The van der Waals surface area contributed by atoms with Crippen LogP contribution < -0.4 is 5.32 Å². The summed E-state index contributed by atoms with van der Waals surface area (Å²) < 4.78 is 0. The minimum atomic E-state index is -0.662. The van der Waals surface area contributed by atoms with Crippen molar-refractivity contribution in [1.29, 1.82) is 0 Å². The van der Waals surface area contributed by atoms with E-state index in [1.165, 1.54) is 38.8 Å². The molecule has 82 valence electrons. The summed E-state index contributed by atoms with van der Waals surface area (Å²) in [5, 5.41) is 11.8. The van der Waals surface area contributed by atoms with Crippen molar-refractivity contribution >= 4 is 5.97 Å². The lowest BCUT2D eigenvalue weighted by atomic mass is 10.00. The minimum absolute atomic E-state index is 0.338. The predicted molar refractivity (Wildman–Crippen MR) is 56.3 cm³/mol. The molecule has 0 spiro atoms. The van der Waals surface area contributed by atoms with Crippen molar-refractivity contribution < 1.29 is 9.90 Å². The number of carbonyl (C=O) groups is 1. The molecule has 14 heavy (non-hydrogen) atoms. The van der Waals surface area contributed by atoms with E-state index in [2.05, 4.69) is 5.32 Å². The van der Waals surface area contributed by atoms with Gasteiger partial charge in [-0.3, -0.25) is 4.79 Å². The Labute approximate surface area is 85.9 Å². The van der Waals surface area contributed by atoms with Gasteiger partial charge in [0.15, 0.2) is 0 Å². The van der Waals surface area contributed by atoms with Crippen molar-refractivity contribution in [2.75, 3.05) is 13.1 Å². The van der Waals surface area contributed by atoms with Crippen LogP contribution in [0, 0.1) is 5.92 Å². The molecule has 0 aromatic rings. The lowest BCUT2D eigenvalue weighted by Gasteiger charge is -2.06. The highest BCUT2D eigenvalue weighted by Gasteiger charge is 2.12. The van der Waals surface area contributed by atoms with Gasteiger partial charge in [-0.25, -0.2) is 0 Å². The molecule has 0 aromatic heterocycles. The smallest absolute Gasteiger partial charge is 0.303 e. The van der Waals surface area contributed by atoms with Gasteiger partial charge in [0, 0.05) is 6.42 Å². The summed E-state index contributed by atoms with van der Waals surface area (Å²) in [4.78, 5) is 10.2. The van der Waals surface area contributed by atoms with Gasteiger partial charge in [0.05, 0.1) is 0 Å². The molecule has 1 atom stereocenters. The highest BCUT2D eigenvalue weighted by atomic mass is 16.4. The van der Waals surface area contributed by atoms with E-state index in [0.717, 1.165) is 18.8 Å². The van der Waals surface area contributed by atoms with Gasteiger partial charge in [-0.1, -0.05) is 19.3 Å². The summed E-state index contributed by atoms with van der Waals surface area (Å²) in [5.74, 6) is 0.222. The number of carboxylic acids is 1. The molecule has 1 heterocycles. The van der Waals surface area contributed by atoms with Crippen LogP contribution >= 0.6 is 0 Å². The van der Waals surface area contributed by atoms with Crippen LogP contribution in [0.5, 0.6) is 0 Å². The first-order chi connectivity index (χ1) is 6.79. The second-order valence-electron chi connectivity index (χ2n) is 4.21. The van der Waals surface area contributed by atoms with E-state index in [9.17, 15) is 4.79 Å². The highest BCUT2D eigenvalue weighted by molar-refractivity contribution is 5.66. The Balaban J connectivity index is 1.82. The van der Waals surface area contributed by atoms with Crippen LogP contribution in [0.15, 0.2) is 0 Å². The Hall–Kier alpha value is -0.570. The molecule has 1 rings (SSSR count). The zero-order valence-corrected chi connectivity index (χ0v) is 8.80. The van der Waals surface area contributed by atoms with Crippen LogP contribution in [0.4, 0.5) is 0 Å². The quantitative estimate of drug-likeness (QED) is 0.617. The Bertz CT molecular complexity index is 165. The topological polar surface area (TPSA) is 49.3 Å². The molecule has 0 amide bonds. The number of nitrogens with one attached hydrogen (secondary N) is 1. The van der Waals surface area contributed by atoms with Crippen LogP contribution in [0.25, 0.3) is 0 Å². The summed E-state index contributed by atoms with van der Waals surface area (Å²) in [5.41, 5.74) is 0. The summed E-state index contributed by atoms with van der Waals surface area (Å²) in [6.45, 7) is 2.37. The summed E-state index contributed by atoms with van der Waals surface area (Å²) >= 11 is 0. The van der Waals surface area contributed by atoms with E-state index in [1.807, 2.05) is 0 Å². The molecule has 0 bridgehead atoms. The van der Waals surface area contributed by atoms with Crippen molar-refractivity contribution in [2.45, 2.75) is 44.9 Å². The van der Waals surface area contributed by atoms with Crippen LogP contribution in [-0.2, 0) is 4.79 Å². The van der Waals surface area contributed by atoms with Crippen molar-refractivity contribution in [3.8, 4) is 0 Å². The Morgan fingerprint density at radius 1 is 1.29 bits per heavy atom. The number of unbranched alkanes of at least 4 members (excludes halogenated alkanes) is 3. The molecule has 2 N–H and O–H groups in total. The van der Waals surface area contributed by atoms with Gasteiger partial charge in [0.1, 0.15) is 0 Å². The van der Waals surface area contributed by atoms with Gasteiger partial charge in [-0.2, -0.15) is 0 Å². The number of rotatable bonds is 7. The van der Waals surface area contributed by atoms with Gasteiger partial charge >= 0.3 is 5.97 Å². The zero-order chi connectivity index (χ0) is 10.2. The first-order valence-corrected chi connectivity index (χ1v) is 5.71. The van der Waals surface area contributed by atoms with Crippen molar-refractivity contribution in [3.63, 3.8) is 0 Å². The molecule has 3 heteroatoms. The molecule has 1 saturated heterocycles. The van der Waals surface area contributed by atoms with Gasteiger partial charge < -0.3 is 10.4 Å². The molecule has 3 nitrogen and oxygen atoms in total. The number of carboxylic acid groups (broad SMARTS) is 1. The fraction of sp³-hybridized carbons (Fsp3) is 0.909. The molecule has 0 saturated carbocycles. The standard InChI is InChI=1S/C11H21NO2/c13-11(14)6-4-2-1-3-5-10-7-8-12-9-10/h10,12H,1-9H2,(H,13,14). The third-order valence-corrected chi connectivity index (χ3v) is 2.92. The predicted octanol–water partition coefficient (Wildman–Crippen LogP) is 2.02. The Morgan fingerprint density at radius 3 is 2.71 bits per heavy atom. The monoisotopic (exact) mass is 199 g/mol. The van der Waals surface area contributed by atoms with Gasteiger partial charge in [-0.15, -0.1) is 0 Å². The molecular formula is C11H21NO2. The lowest BCUT2D eigenvalue weighted by Crippen LogP contribution is -2.08. The third-order valence-electron chi connectivity index (χ3n) is 2.92. The first kappa shape index (κ1) is 11.5. The molecule has 1 aliphatic heterocycles. The van der Waals surface area contributed by atoms with E-state index in [4.69, 9.17) is 5.11 Å². The van der Waals surface area contributed by atoms with E-state index < -0.39 is 5.97 Å². The average Bonchev–Trinajstić information content (AvgIpc) is 2.63. The van der Waals surface area contributed by atoms with Gasteiger partial charge in [0.25, 0.3) is 0 Å². The second kappa shape index (κ2) is 6.82. The highest BCUT2D eigenvalue weighted by Crippen LogP contribution is 2.16. The SMILES string of the molecule is O=C(O)CCCCCCC1CCNC1. The van der Waals surface area contributed by atoms with E-state index in [0.29, 0.717) is 6.42 Å². The van der Waals surface area contributed by atoms with Crippen LogP contribution in [0.1, 0.15) is 44.9 Å². The molecule has 1 unspecified atom stereocenters. The normalized spacial score (nSPS) is 21.3. The fourth-order valence-electron chi connectivity index (χ4n) is 2.02. The number of hydrogen-bond donors (Lipinski definition) is 2. The van der Waals surface area contributed by atoms with Crippen LogP contribution in [-0.4, -0.2) is 24.2 Å². The van der Waals surface area contributed by atoms with E-state index in [1.54, 1.807) is 0 Å². The van der Waals surface area contributed by atoms with Gasteiger partial charge in [0.2, 0.25) is 0 Å². The molecular weight excluding hydrogens is 178 g/mol. The summed E-state index contributed by atoms with van der Waals surface area (Å²) in [7, 11) is 0. The molecule has 1 fully saturated rings. The zero-order valence-electron chi connectivity index (χ0n) is 8.80. The Kier molecular flexibility index (Phi) is 5.60. The minimum Gasteiger partial charge on any atom is -0.481 e. The Morgan fingerprint density at radius 2 is 2.07 bits per heavy atom. The van der Waals surface area contributed by atoms with Gasteiger partial charge in [-0.05, 0) is 38.3 Å². The van der Waals surface area contributed by atoms with E-state index >= 15 is 0 Å². The maximum absolute atomic E-state index is 10.2. The number of hydrogen-bond acceptors (Lipinski definition) is 2. The molecule has 0 radical (unpaired) electrons. The summed E-state index contributed by atoms with van der Waals surface area (Å²) in [6, 6.07) is 0. The van der Waals surface area contributed by atoms with Crippen LogP contribution in [0.3, 0.4) is 0 Å². The summed E-state index contributed by atoms with van der Waals surface area (Å²) in [6.07, 6.45) is 7.38. The maximum atomic E-state index is 10.2. The average molecular weight is 199 g/mol. The largest absolute Gasteiger partial charge is 0.481 e. The van der Waals surface area contributed by atoms with Crippen LogP contribution in [0.2, 0.25) is 0 Å².